The van der Waals surface area contributed by atoms with Crippen molar-refractivity contribution in [2.75, 3.05) is 0 Å². The van der Waals surface area contributed by atoms with E-state index >= 15 is 0 Å². The minimum absolute atomic E-state index is 0.0313. The Morgan fingerprint density at radius 2 is 1.54 bits per heavy atom. The molecule has 0 saturated heterocycles. The smallest absolute Gasteiger partial charge is 0.354 e. The number of nitrogens with one attached hydrogen (secondary N) is 1. The Bertz CT molecular complexity index is 1470. The van der Waals surface area contributed by atoms with Gasteiger partial charge in [-0.1, -0.05) is 84.4 Å². The number of aromatic carboxylic acids is 1. The highest BCUT2D eigenvalue weighted by Crippen LogP contribution is 2.21. The van der Waals surface area contributed by atoms with Crippen molar-refractivity contribution in [3.05, 3.63) is 112 Å². The van der Waals surface area contributed by atoms with Gasteiger partial charge in [-0.2, -0.15) is 5.10 Å². The minimum atomic E-state index is -1.70. The quantitative estimate of drug-likeness (QED) is 0.221. The number of aromatic nitrogens is 2. The molecular weight excluding hydrogens is 522 g/mol. The molecule has 200 valence electrons. The zero-order valence-corrected chi connectivity index (χ0v) is 21.5. The van der Waals surface area contributed by atoms with Gasteiger partial charge < -0.3 is 20.6 Å². The second-order valence-electron chi connectivity index (χ2n) is 9.00. The average Bonchev–Trinajstić information content (AvgIpc) is 3.35. The van der Waals surface area contributed by atoms with Gasteiger partial charge in [0.05, 0.1) is 6.54 Å². The molecule has 1 heterocycles. The molecule has 4 aromatic rings. The van der Waals surface area contributed by atoms with Crippen LogP contribution in [0.5, 0.6) is 0 Å². The monoisotopic (exact) mass is 547 g/mol. The number of aliphatic hydroxyl groups excluding tert-OH is 1. The number of hydrogen-bond donors (Lipinski definition) is 4. The first-order valence-electron chi connectivity index (χ1n) is 12.1. The van der Waals surface area contributed by atoms with Gasteiger partial charge in [-0.15, -0.1) is 0 Å². The third-order valence-corrected chi connectivity index (χ3v) is 6.55. The Morgan fingerprint density at radius 3 is 2.18 bits per heavy atom. The summed E-state index contributed by atoms with van der Waals surface area (Å²) >= 11 is 6.20. The number of amides is 1. The predicted molar refractivity (Wildman–Crippen MR) is 145 cm³/mol. The summed E-state index contributed by atoms with van der Waals surface area (Å²) in [5.74, 6) is -3.38. The van der Waals surface area contributed by atoms with Crippen molar-refractivity contribution in [3.63, 3.8) is 0 Å². The van der Waals surface area contributed by atoms with Crippen LogP contribution in [0.1, 0.15) is 38.5 Å². The Labute approximate surface area is 229 Å². The van der Waals surface area contributed by atoms with E-state index in [2.05, 4.69) is 10.4 Å². The molecule has 39 heavy (non-hydrogen) atoms. The number of rotatable bonds is 11. The molecule has 1 unspecified atom stereocenters. The zero-order valence-electron chi connectivity index (χ0n) is 20.7. The summed E-state index contributed by atoms with van der Waals surface area (Å²) in [5.41, 5.74) is 3.10. The maximum Gasteiger partial charge on any atom is 0.354 e. The lowest BCUT2D eigenvalue weighted by Crippen LogP contribution is -2.40. The standard InChI is InChI=1S/C29H26ClN3O6/c30-23-9-5-4-8-21(23)17-33-25(28(36)37)16-24(32-33)27(35)31-22(15-26(34)29(38)39)14-18-10-12-20(13-11-18)19-6-2-1-3-7-19/h1-13,16,22,26,34H,14-15,17H2,(H,31,35)(H,36,37)(H,38,39)/t22?,26-/m1/s1. The number of carbonyl (C=O) groups excluding carboxylic acids is 1. The van der Waals surface area contributed by atoms with Crippen molar-refractivity contribution in [1.29, 1.82) is 0 Å². The highest BCUT2D eigenvalue weighted by Gasteiger charge is 2.25. The van der Waals surface area contributed by atoms with E-state index in [0.29, 0.717) is 10.6 Å². The first kappa shape index (κ1) is 27.6. The first-order valence-corrected chi connectivity index (χ1v) is 12.5. The van der Waals surface area contributed by atoms with Gasteiger partial charge in [0.1, 0.15) is 5.69 Å². The molecule has 4 rings (SSSR count). The Morgan fingerprint density at radius 1 is 0.897 bits per heavy atom. The van der Waals surface area contributed by atoms with E-state index in [1.165, 1.54) is 4.68 Å². The summed E-state index contributed by atoms with van der Waals surface area (Å²) in [4.78, 5) is 36.2. The maximum atomic E-state index is 13.1. The van der Waals surface area contributed by atoms with Gasteiger partial charge in [0.15, 0.2) is 11.8 Å². The van der Waals surface area contributed by atoms with Crippen LogP contribution < -0.4 is 5.32 Å². The molecule has 0 spiro atoms. The summed E-state index contributed by atoms with van der Waals surface area (Å²) in [7, 11) is 0. The normalized spacial score (nSPS) is 12.5. The second-order valence-corrected chi connectivity index (χ2v) is 9.40. The van der Waals surface area contributed by atoms with Crippen LogP contribution in [0.15, 0.2) is 84.9 Å². The molecule has 0 bridgehead atoms. The van der Waals surface area contributed by atoms with Crippen molar-refractivity contribution >= 4 is 29.4 Å². The van der Waals surface area contributed by atoms with E-state index in [9.17, 15) is 29.7 Å². The van der Waals surface area contributed by atoms with Crippen LogP contribution in [0, 0.1) is 0 Å². The third kappa shape index (κ3) is 7.10. The fourth-order valence-electron chi connectivity index (χ4n) is 4.18. The average molecular weight is 548 g/mol. The van der Waals surface area contributed by atoms with Crippen LogP contribution >= 0.6 is 11.6 Å². The molecule has 0 aliphatic rings. The molecule has 1 amide bonds. The number of carbonyl (C=O) groups is 3. The first-order chi connectivity index (χ1) is 18.7. The number of carboxylic acids is 2. The molecule has 4 N–H and O–H groups in total. The molecule has 0 fully saturated rings. The summed E-state index contributed by atoms with van der Waals surface area (Å²) in [6.07, 6.45) is -1.73. The second kappa shape index (κ2) is 12.4. The van der Waals surface area contributed by atoms with Crippen LogP contribution in [0.4, 0.5) is 0 Å². The fourth-order valence-corrected chi connectivity index (χ4v) is 4.38. The van der Waals surface area contributed by atoms with Gasteiger partial charge in [0, 0.05) is 23.6 Å². The van der Waals surface area contributed by atoms with Gasteiger partial charge >= 0.3 is 11.9 Å². The van der Waals surface area contributed by atoms with E-state index < -0.39 is 30.0 Å². The van der Waals surface area contributed by atoms with Crippen molar-refractivity contribution in [2.45, 2.75) is 31.5 Å². The molecule has 2 atom stereocenters. The lowest BCUT2D eigenvalue weighted by molar-refractivity contribution is -0.147. The molecule has 3 aromatic carbocycles. The number of benzene rings is 3. The van der Waals surface area contributed by atoms with Gasteiger partial charge in [-0.05, 0) is 34.7 Å². The highest BCUT2D eigenvalue weighted by molar-refractivity contribution is 6.31. The van der Waals surface area contributed by atoms with Crippen LogP contribution in [-0.4, -0.2) is 55.1 Å². The van der Waals surface area contributed by atoms with E-state index in [4.69, 9.17) is 11.6 Å². The molecular formula is C29H26ClN3O6. The van der Waals surface area contributed by atoms with Crippen molar-refractivity contribution in [3.8, 4) is 11.1 Å². The summed E-state index contributed by atoms with van der Waals surface area (Å²) in [6.45, 7) is 0.0313. The number of aliphatic carboxylic acids is 1. The highest BCUT2D eigenvalue weighted by atomic mass is 35.5. The summed E-state index contributed by atoms with van der Waals surface area (Å²) < 4.78 is 1.17. The number of halogens is 1. The van der Waals surface area contributed by atoms with Gasteiger partial charge in [-0.25, -0.2) is 9.59 Å². The molecule has 9 nitrogen and oxygen atoms in total. The molecule has 0 aliphatic carbocycles. The fraction of sp³-hybridized carbons (Fsp3) is 0.172. The lowest BCUT2D eigenvalue weighted by Gasteiger charge is -2.20. The molecule has 1 aromatic heterocycles. The SMILES string of the molecule is O=C(NC(Cc1ccc(-c2ccccc2)cc1)C[C@@H](O)C(=O)O)c1cc(C(=O)O)n(Cc2ccccc2Cl)n1. The van der Waals surface area contributed by atoms with Gasteiger partial charge in [-0.3, -0.25) is 9.48 Å². The third-order valence-electron chi connectivity index (χ3n) is 6.18. The molecule has 0 saturated carbocycles. The Balaban J connectivity index is 1.54. The van der Waals surface area contributed by atoms with Gasteiger partial charge in [0.2, 0.25) is 0 Å². The van der Waals surface area contributed by atoms with E-state index in [0.717, 1.165) is 22.8 Å². The van der Waals surface area contributed by atoms with Crippen LogP contribution in [0.2, 0.25) is 5.02 Å². The maximum absolute atomic E-state index is 13.1. The van der Waals surface area contributed by atoms with Gasteiger partial charge in [0.25, 0.3) is 5.91 Å². The van der Waals surface area contributed by atoms with Crippen LogP contribution in [-0.2, 0) is 17.8 Å². The van der Waals surface area contributed by atoms with Crippen molar-refractivity contribution in [2.24, 2.45) is 0 Å². The van der Waals surface area contributed by atoms with E-state index in [1.54, 1.807) is 24.3 Å². The predicted octanol–water partition coefficient (Wildman–Crippen LogP) is 4.13. The summed E-state index contributed by atoms with van der Waals surface area (Å²) in [6, 6.07) is 24.6. The number of hydrogen-bond acceptors (Lipinski definition) is 5. The van der Waals surface area contributed by atoms with Crippen LogP contribution in [0.25, 0.3) is 11.1 Å². The van der Waals surface area contributed by atoms with Crippen molar-refractivity contribution in [1.82, 2.24) is 15.1 Å². The largest absolute Gasteiger partial charge is 0.479 e. The number of carboxylic acid groups (broad SMARTS) is 2. The Kier molecular flexibility index (Phi) is 8.75. The van der Waals surface area contributed by atoms with E-state index in [1.807, 2.05) is 54.6 Å². The topological polar surface area (TPSA) is 142 Å². The zero-order chi connectivity index (χ0) is 27.9. The summed E-state index contributed by atoms with van der Waals surface area (Å²) in [5, 5.41) is 36.2. The molecule has 10 heteroatoms. The molecule has 0 radical (unpaired) electrons. The number of aliphatic hydroxyl groups is 1. The minimum Gasteiger partial charge on any atom is -0.479 e. The Hall–Kier alpha value is -4.47. The number of nitrogens with zero attached hydrogens (tertiary/aromatic N) is 2. The van der Waals surface area contributed by atoms with Crippen molar-refractivity contribution < 1.29 is 29.7 Å². The molecule has 0 aliphatic heterocycles. The van der Waals surface area contributed by atoms with E-state index in [-0.39, 0.29) is 30.8 Å². The van der Waals surface area contributed by atoms with Crippen LogP contribution in [0.3, 0.4) is 0 Å². The lowest BCUT2D eigenvalue weighted by atomic mass is 9.97.